The molecule has 0 aliphatic heterocycles. The number of hydrogen-bond donors (Lipinski definition) is 3. The number of hydrogen-bond acceptors (Lipinski definition) is 3. The zero-order chi connectivity index (χ0) is 17.4. The first-order valence-electron chi connectivity index (χ1n) is 7.72. The number of halogens is 1. The van der Waals surface area contributed by atoms with Gasteiger partial charge in [0.05, 0.1) is 0 Å². The van der Waals surface area contributed by atoms with Gasteiger partial charge >= 0.3 is 6.03 Å². The summed E-state index contributed by atoms with van der Waals surface area (Å²) in [6.07, 6.45) is 0. The van der Waals surface area contributed by atoms with Crippen LogP contribution in [0.5, 0.6) is 0 Å². The van der Waals surface area contributed by atoms with E-state index >= 15 is 0 Å². The smallest absolute Gasteiger partial charge is 0.321 e. The molecule has 1 unspecified atom stereocenters. The van der Waals surface area contributed by atoms with Crippen molar-refractivity contribution in [2.24, 2.45) is 0 Å². The maximum atomic E-state index is 13.7. The van der Waals surface area contributed by atoms with E-state index in [9.17, 15) is 14.0 Å². The van der Waals surface area contributed by atoms with Crippen LogP contribution in [-0.4, -0.2) is 18.5 Å². The van der Waals surface area contributed by atoms with Crippen molar-refractivity contribution in [1.29, 1.82) is 0 Å². The fourth-order valence-corrected chi connectivity index (χ4v) is 2.25. The molecule has 0 aliphatic carbocycles. The fraction of sp³-hybridized carbons (Fsp3) is 0.222. The van der Waals surface area contributed by atoms with E-state index < -0.39 is 18.0 Å². The first kappa shape index (κ1) is 17.6. The van der Waals surface area contributed by atoms with E-state index in [4.69, 9.17) is 0 Å². The van der Waals surface area contributed by atoms with Gasteiger partial charge in [-0.25, -0.2) is 9.18 Å². The third-order valence-electron chi connectivity index (χ3n) is 3.42. The summed E-state index contributed by atoms with van der Waals surface area (Å²) in [6, 6.07) is 14.0. The highest BCUT2D eigenvalue weighted by atomic mass is 19.1. The molecule has 0 radical (unpaired) electrons. The minimum absolute atomic E-state index is 0.162. The van der Waals surface area contributed by atoms with Crippen LogP contribution in [0.2, 0.25) is 0 Å². The average Bonchev–Trinajstić information content (AvgIpc) is 2.58. The van der Waals surface area contributed by atoms with E-state index in [0.717, 1.165) is 0 Å². The number of rotatable bonds is 6. The van der Waals surface area contributed by atoms with Crippen LogP contribution in [0, 0.1) is 5.82 Å². The predicted octanol–water partition coefficient (Wildman–Crippen LogP) is 2.50. The minimum Gasteiger partial charge on any atom is -0.338 e. The van der Waals surface area contributed by atoms with Crippen LogP contribution >= 0.6 is 0 Å². The molecule has 3 amide bonds. The summed E-state index contributed by atoms with van der Waals surface area (Å²) in [6.45, 7) is 2.34. The molecule has 0 saturated carbocycles. The number of amides is 3. The summed E-state index contributed by atoms with van der Waals surface area (Å²) in [4.78, 5) is 24.0. The van der Waals surface area contributed by atoms with Gasteiger partial charge in [-0.2, -0.15) is 0 Å². The zero-order valence-corrected chi connectivity index (χ0v) is 13.4. The molecule has 6 heteroatoms. The van der Waals surface area contributed by atoms with Crippen molar-refractivity contribution in [2.45, 2.75) is 19.5 Å². The second kappa shape index (κ2) is 8.79. The molecule has 2 rings (SSSR count). The number of carbonyl (C=O) groups is 2. The molecular formula is C18H20FN3O2. The van der Waals surface area contributed by atoms with Gasteiger partial charge < -0.3 is 5.32 Å². The molecule has 0 spiro atoms. The van der Waals surface area contributed by atoms with Crippen molar-refractivity contribution in [3.8, 4) is 0 Å². The van der Waals surface area contributed by atoms with Gasteiger partial charge in [-0.05, 0) is 18.6 Å². The lowest BCUT2D eigenvalue weighted by Gasteiger charge is -2.19. The molecule has 0 aliphatic rings. The van der Waals surface area contributed by atoms with E-state index in [1.807, 2.05) is 6.07 Å². The summed E-state index contributed by atoms with van der Waals surface area (Å²) in [7, 11) is 0. The number of nitrogens with one attached hydrogen (secondary N) is 3. The summed E-state index contributed by atoms with van der Waals surface area (Å²) >= 11 is 0. The summed E-state index contributed by atoms with van der Waals surface area (Å²) < 4.78 is 13.7. The topological polar surface area (TPSA) is 70.2 Å². The average molecular weight is 329 g/mol. The van der Waals surface area contributed by atoms with Gasteiger partial charge in [0, 0.05) is 18.7 Å². The van der Waals surface area contributed by atoms with E-state index in [0.29, 0.717) is 17.7 Å². The van der Waals surface area contributed by atoms with Crippen molar-refractivity contribution in [2.75, 3.05) is 6.54 Å². The quantitative estimate of drug-likeness (QED) is 0.763. The maximum absolute atomic E-state index is 13.7. The molecule has 5 nitrogen and oxygen atoms in total. The molecule has 0 aromatic heterocycles. The zero-order valence-electron chi connectivity index (χ0n) is 13.4. The fourth-order valence-electron chi connectivity index (χ4n) is 2.25. The predicted molar refractivity (Wildman–Crippen MR) is 89.6 cm³/mol. The highest BCUT2D eigenvalue weighted by Crippen LogP contribution is 2.15. The van der Waals surface area contributed by atoms with Crippen LogP contribution in [0.4, 0.5) is 9.18 Å². The van der Waals surface area contributed by atoms with Crippen LogP contribution in [0.3, 0.4) is 0 Å². The van der Waals surface area contributed by atoms with Gasteiger partial charge in [0.1, 0.15) is 11.9 Å². The third-order valence-corrected chi connectivity index (χ3v) is 3.42. The largest absolute Gasteiger partial charge is 0.338 e. The second-order valence-electron chi connectivity index (χ2n) is 5.16. The number of urea groups is 1. The summed E-state index contributed by atoms with van der Waals surface area (Å²) in [5.74, 6) is -0.843. The molecule has 0 saturated heterocycles. The Morgan fingerprint density at radius 3 is 2.38 bits per heavy atom. The number of benzene rings is 2. The highest BCUT2D eigenvalue weighted by molar-refractivity contribution is 5.97. The van der Waals surface area contributed by atoms with E-state index in [1.165, 1.54) is 6.07 Å². The van der Waals surface area contributed by atoms with Gasteiger partial charge in [0.2, 0.25) is 5.91 Å². The molecule has 0 bridgehead atoms. The van der Waals surface area contributed by atoms with Crippen molar-refractivity contribution in [3.05, 3.63) is 71.5 Å². The van der Waals surface area contributed by atoms with Crippen LogP contribution in [0.25, 0.3) is 0 Å². The first-order chi connectivity index (χ1) is 11.6. The first-order valence-corrected chi connectivity index (χ1v) is 7.72. The lowest BCUT2D eigenvalue weighted by molar-refractivity contribution is -0.122. The molecule has 126 valence electrons. The van der Waals surface area contributed by atoms with E-state index in [1.54, 1.807) is 49.4 Å². The highest BCUT2D eigenvalue weighted by Gasteiger charge is 2.22. The molecule has 2 aromatic carbocycles. The molecule has 0 heterocycles. The number of imide groups is 1. The molecule has 2 aromatic rings. The molecular weight excluding hydrogens is 309 g/mol. The van der Waals surface area contributed by atoms with Crippen LogP contribution < -0.4 is 16.0 Å². The SMILES string of the molecule is CCNC(=O)NC(=O)C(NCc1ccccc1F)c1ccccc1. The van der Waals surface area contributed by atoms with Gasteiger partial charge in [-0.15, -0.1) is 0 Å². The van der Waals surface area contributed by atoms with Gasteiger partial charge in [-0.3, -0.25) is 15.4 Å². The van der Waals surface area contributed by atoms with Crippen LogP contribution in [0.1, 0.15) is 24.1 Å². The molecule has 1 atom stereocenters. The van der Waals surface area contributed by atoms with Crippen LogP contribution in [0.15, 0.2) is 54.6 Å². The Labute approximate surface area is 140 Å². The van der Waals surface area contributed by atoms with Gasteiger partial charge in [0.25, 0.3) is 0 Å². The normalized spacial score (nSPS) is 11.6. The molecule has 24 heavy (non-hydrogen) atoms. The van der Waals surface area contributed by atoms with Crippen molar-refractivity contribution < 1.29 is 14.0 Å². The number of carbonyl (C=O) groups excluding carboxylic acids is 2. The Morgan fingerprint density at radius 1 is 1.04 bits per heavy atom. The standard InChI is InChI=1S/C18H20FN3O2/c1-2-20-18(24)22-17(23)16(13-8-4-3-5-9-13)21-12-14-10-6-7-11-15(14)19/h3-11,16,21H,2,12H2,1H3,(H2,20,22,23,24). The Bertz CT molecular complexity index is 692. The Morgan fingerprint density at radius 2 is 1.71 bits per heavy atom. The van der Waals surface area contributed by atoms with Gasteiger partial charge in [0.15, 0.2) is 0 Å². The maximum Gasteiger partial charge on any atom is 0.321 e. The van der Waals surface area contributed by atoms with Crippen molar-refractivity contribution in [1.82, 2.24) is 16.0 Å². The molecule has 3 N–H and O–H groups in total. The Kier molecular flexibility index (Phi) is 6.45. The van der Waals surface area contributed by atoms with Crippen molar-refractivity contribution >= 4 is 11.9 Å². The summed E-state index contributed by atoms with van der Waals surface area (Å²) in [5, 5.41) is 7.80. The van der Waals surface area contributed by atoms with E-state index in [2.05, 4.69) is 16.0 Å². The summed E-state index contributed by atoms with van der Waals surface area (Å²) in [5.41, 5.74) is 1.14. The monoisotopic (exact) mass is 329 g/mol. The Hall–Kier alpha value is -2.73. The lowest BCUT2D eigenvalue weighted by atomic mass is 10.1. The second-order valence-corrected chi connectivity index (χ2v) is 5.16. The van der Waals surface area contributed by atoms with Crippen LogP contribution in [-0.2, 0) is 11.3 Å². The third kappa shape index (κ3) is 4.89. The molecule has 0 fully saturated rings. The lowest BCUT2D eigenvalue weighted by Crippen LogP contribution is -2.45. The van der Waals surface area contributed by atoms with Crippen molar-refractivity contribution in [3.63, 3.8) is 0 Å². The van der Waals surface area contributed by atoms with Gasteiger partial charge in [-0.1, -0.05) is 48.5 Å². The van der Waals surface area contributed by atoms with E-state index in [-0.39, 0.29) is 12.4 Å². The Balaban J connectivity index is 2.13. The minimum atomic E-state index is -0.770.